The number of hydrogen-bond donors (Lipinski definition) is 1. The van der Waals surface area contributed by atoms with Crippen LogP contribution >= 0.6 is 11.6 Å². The molecule has 2 aromatic rings. The van der Waals surface area contributed by atoms with Gasteiger partial charge in [-0.2, -0.15) is 0 Å². The van der Waals surface area contributed by atoms with Gasteiger partial charge in [-0.05, 0) is 43.0 Å². The lowest BCUT2D eigenvalue weighted by Gasteiger charge is -2.31. The Bertz CT molecular complexity index is 885. The van der Waals surface area contributed by atoms with E-state index in [1.54, 1.807) is 32.0 Å². The zero-order chi connectivity index (χ0) is 20.0. The fourth-order valence-electron chi connectivity index (χ4n) is 2.95. The molecule has 0 aliphatic rings. The van der Waals surface area contributed by atoms with Crippen molar-refractivity contribution in [3.05, 3.63) is 64.7 Å². The van der Waals surface area contributed by atoms with Crippen molar-refractivity contribution in [2.24, 2.45) is 0 Å². The van der Waals surface area contributed by atoms with E-state index in [2.05, 4.69) is 5.32 Å². The number of sulfonamides is 1. The Hall–Kier alpha value is -2.05. The molecule has 0 unspecified atom stereocenters. The summed E-state index contributed by atoms with van der Waals surface area (Å²) in [5.41, 5.74) is 2.27. The molecular formula is C20H25ClN2O3S. The van der Waals surface area contributed by atoms with Crippen molar-refractivity contribution in [2.45, 2.75) is 32.7 Å². The Labute approximate surface area is 166 Å². The molecule has 0 aliphatic heterocycles. The number of aryl methyl sites for hydroxylation is 1. The van der Waals surface area contributed by atoms with Gasteiger partial charge in [0.1, 0.15) is 6.04 Å². The van der Waals surface area contributed by atoms with E-state index in [1.807, 2.05) is 30.3 Å². The fourth-order valence-corrected chi connectivity index (χ4v) is 4.38. The van der Waals surface area contributed by atoms with Crippen molar-refractivity contribution in [1.82, 2.24) is 5.32 Å². The van der Waals surface area contributed by atoms with Crippen LogP contribution in [0, 0.1) is 6.92 Å². The minimum atomic E-state index is -3.68. The maximum Gasteiger partial charge on any atom is 0.243 e. The maximum absolute atomic E-state index is 12.8. The average molecular weight is 409 g/mol. The van der Waals surface area contributed by atoms with Crippen LogP contribution in [-0.4, -0.2) is 33.2 Å². The first-order valence-electron chi connectivity index (χ1n) is 8.81. The molecular weight excluding hydrogens is 384 g/mol. The quantitative estimate of drug-likeness (QED) is 0.726. The molecule has 2 rings (SSSR count). The van der Waals surface area contributed by atoms with Crippen LogP contribution in [-0.2, 0) is 21.2 Å². The zero-order valence-electron chi connectivity index (χ0n) is 15.8. The minimum absolute atomic E-state index is 0.321. The molecule has 0 bridgehead atoms. The van der Waals surface area contributed by atoms with E-state index in [0.717, 1.165) is 17.4 Å². The SMILES string of the molecule is CC[C@H](C(=O)NCCc1ccccc1)N(c1cc(Cl)ccc1C)S(C)(=O)=O. The van der Waals surface area contributed by atoms with E-state index in [-0.39, 0.29) is 5.91 Å². The average Bonchev–Trinajstić information content (AvgIpc) is 2.61. The molecule has 1 amide bonds. The molecule has 0 aromatic heterocycles. The molecule has 7 heteroatoms. The van der Waals surface area contributed by atoms with Gasteiger partial charge in [-0.1, -0.05) is 54.9 Å². The Balaban J connectivity index is 2.22. The molecule has 1 N–H and O–H groups in total. The highest BCUT2D eigenvalue weighted by atomic mass is 35.5. The van der Waals surface area contributed by atoms with E-state index in [1.165, 1.54) is 4.31 Å². The van der Waals surface area contributed by atoms with Gasteiger partial charge >= 0.3 is 0 Å². The Morgan fingerprint density at radius 3 is 2.44 bits per heavy atom. The van der Waals surface area contributed by atoms with Crippen LogP contribution in [0.2, 0.25) is 5.02 Å². The Morgan fingerprint density at radius 2 is 1.85 bits per heavy atom. The second kappa shape index (κ2) is 9.24. The first kappa shape index (κ1) is 21.3. The van der Waals surface area contributed by atoms with Crippen LogP contribution in [0.4, 0.5) is 5.69 Å². The summed E-state index contributed by atoms with van der Waals surface area (Å²) >= 11 is 6.07. The summed E-state index contributed by atoms with van der Waals surface area (Å²) in [7, 11) is -3.68. The summed E-state index contributed by atoms with van der Waals surface area (Å²) in [6, 6.07) is 14.0. The summed E-state index contributed by atoms with van der Waals surface area (Å²) in [4.78, 5) is 12.8. The van der Waals surface area contributed by atoms with Gasteiger partial charge in [0.2, 0.25) is 15.9 Å². The molecule has 146 valence electrons. The molecule has 0 saturated heterocycles. The van der Waals surface area contributed by atoms with Gasteiger partial charge in [-0.3, -0.25) is 9.10 Å². The Kier molecular flexibility index (Phi) is 7.27. The summed E-state index contributed by atoms with van der Waals surface area (Å²) in [5, 5.41) is 3.28. The molecule has 0 aliphatic carbocycles. The molecule has 2 aromatic carbocycles. The number of anilines is 1. The molecule has 0 saturated carbocycles. The van der Waals surface area contributed by atoms with Crippen molar-refractivity contribution in [3.63, 3.8) is 0 Å². The van der Waals surface area contributed by atoms with E-state index in [9.17, 15) is 13.2 Å². The van der Waals surface area contributed by atoms with Gasteiger partial charge in [0.15, 0.2) is 0 Å². The molecule has 0 heterocycles. The highest BCUT2D eigenvalue weighted by Gasteiger charge is 2.32. The zero-order valence-corrected chi connectivity index (χ0v) is 17.3. The van der Waals surface area contributed by atoms with E-state index in [4.69, 9.17) is 11.6 Å². The number of rotatable bonds is 8. The highest BCUT2D eigenvalue weighted by Crippen LogP contribution is 2.29. The third kappa shape index (κ3) is 5.71. The molecule has 1 atom stereocenters. The summed E-state index contributed by atoms with van der Waals surface area (Å²) in [6.45, 7) is 4.02. The predicted molar refractivity (Wildman–Crippen MR) is 111 cm³/mol. The summed E-state index contributed by atoms with van der Waals surface area (Å²) in [6.07, 6.45) is 2.13. The van der Waals surface area contributed by atoms with Gasteiger partial charge in [0.25, 0.3) is 0 Å². The largest absolute Gasteiger partial charge is 0.354 e. The van der Waals surface area contributed by atoms with Crippen LogP contribution in [0.1, 0.15) is 24.5 Å². The topological polar surface area (TPSA) is 66.5 Å². The number of benzene rings is 2. The van der Waals surface area contributed by atoms with Gasteiger partial charge in [0, 0.05) is 11.6 Å². The van der Waals surface area contributed by atoms with Crippen LogP contribution in [0.3, 0.4) is 0 Å². The van der Waals surface area contributed by atoms with Crippen molar-refractivity contribution in [2.75, 3.05) is 17.1 Å². The first-order valence-corrected chi connectivity index (χ1v) is 11.0. The smallest absolute Gasteiger partial charge is 0.243 e. The number of carbonyl (C=O) groups excluding carboxylic acids is 1. The van der Waals surface area contributed by atoms with Crippen LogP contribution in [0.5, 0.6) is 0 Å². The highest BCUT2D eigenvalue weighted by molar-refractivity contribution is 7.92. The lowest BCUT2D eigenvalue weighted by Crippen LogP contribution is -2.49. The summed E-state index contributed by atoms with van der Waals surface area (Å²) in [5.74, 6) is -0.321. The minimum Gasteiger partial charge on any atom is -0.354 e. The van der Waals surface area contributed by atoms with Gasteiger partial charge in [0.05, 0.1) is 11.9 Å². The summed E-state index contributed by atoms with van der Waals surface area (Å²) < 4.78 is 26.2. The van der Waals surface area contributed by atoms with Gasteiger partial charge in [-0.15, -0.1) is 0 Å². The van der Waals surface area contributed by atoms with E-state index >= 15 is 0 Å². The number of nitrogens with zero attached hydrogens (tertiary/aromatic N) is 1. The van der Waals surface area contributed by atoms with Gasteiger partial charge < -0.3 is 5.32 Å². The van der Waals surface area contributed by atoms with E-state index < -0.39 is 16.1 Å². The number of amides is 1. The third-order valence-corrected chi connectivity index (χ3v) is 5.69. The van der Waals surface area contributed by atoms with Crippen molar-refractivity contribution >= 4 is 33.2 Å². The second-order valence-electron chi connectivity index (χ2n) is 6.44. The normalized spacial score (nSPS) is 12.4. The van der Waals surface area contributed by atoms with Crippen molar-refractivity contribution < 1.29 is 13.2 Å². The number of carbonyl (C=O) groups is 1. The molecule has 27 heavy (non-hydrogen) atoms. The van der Waals surface area contributed by atoms with Crippen molar-refractivity contribution in [1.29, 1.82) is 0 Å². The number of nitrogens with one attached hydrogen (secondary N) is 1. The lowest BCUT2D eigenvalue weighted by atomic mass is 10.1. The lowest BCUT2D eigenvalue weighted by molar-refractivity contribution is -0.122. The number of hydrogen-bond acceptors (Lipinski definition) is 3. The molecule has 0 radical (unpaired) electrons. The monoisotopic (exact) mass is 408 g/mol. The second-order valence-corrected chi connectivity index (χ2v) is 8.74. The third-order valence-electron chi connectivity index (χ3n) is 4.29. The standard InChI is InChI=1S/C20H25ClN2O3S/c1-4-18(20(24)22-13-12-16-8-6-5-7-9-16)23(27(3,25)26)19-14-17(21)11-10-15(19)2/h5-11,14,18H,4,12-13H2,1-3H3,(H,22,24)/t18-/m1/s1. The van der Waals surface area contributed by atoms with Crippen LogP contribution in [0.15, 0.2) is 48.5 Å². The maximum atomic E-state index is 12.8. The molecule has 5 nitrogen and oxygen atoms in total. The number of halogens is 1. The van der Waals surface area contributed by atoms with Crippen molar-refractivity contribution in [3.8, 4) is 0 Å². The van der Waals surface area contributed by atoms with E-state index in [0.29, 0.717) is 30.1 Å². The Morgan fingerprint density at radius 1 is 1.19 bits per heavy atom. The fraction of sp³-hybridized carbons (Fsp3) is 0.350. The molecule has 0 fully saturated rings. The van der Waals surface area contributed by atoms with Crippen LogP contribution in [0.25, 0.3) is 0 Å². The van der Waals surface area contributed by atoms with Crippen LogP contribution < -0.4 is 9.62 Å². The van der Waals surface area contributed by atoms with Gasteiger partial charge in [-0.25, -0.2) is 8.42 Å². The molecule has 0 spiro atoms. The predicted octanol–water partition coefficient (Wildman–Crippen LogP) is 3.55. The first-order chi connectivity index (χ1) is 12.7.